The number of aryl methyl sites for hydroxylation is 1. The second kappa shape index (κ2) is 5.26. The first kappa shape index (κ1) is 16.0. The Morgan fingerprint density at radius 3 is 2.48 bits per heavy atom. The molecule has 2 heteroatoms. The van der Waals surface area contributed by atoms with Gasteiger partial charge in [-0.15, -0.1) is 0 Å². The van der Waals surface area contributed by atoms with Gasteiger partial charge in [0.15, 0.2) is 0 Å². The SMILES string of the molecule is Cc1cccc2c1C(C)(C)C(C)(C)N=C2c1ccc2ncccc2c1. The molecule has 25 heavy (non-hydrogen) atoms. The smallest absolute Gasteiger partial charge is 0.0729 e. The maximum Gasteiger partial charge on any atom is 0.0729 e. The van der Waals surface area contributed by atoms with Crippen molar-refractivity contribution in [2.45, 2.75) is 45.6 Å². The third-order valence-corrected chi connectivity index (χ3v) is 5.95. The number of rotatable bonds is 1. The Morgan fingerprint density at radius 1 is 0.880 bits per heavy atom. The van der Waals surface area contributed by atoms with Crippen LogP contribution in [-0.2, 0) is 5.41 Å². The highest BCUT2D eigenvalue weighted by Crippen LogP contribution is 2.45. The van der Waals surface area contributed by atoms with Crippen LogP contribution < -0.4 is 0 Å². The Balaban J connectivity index is 2.00. The first-order chi connectivity index (χ1) is 11.8. The van der Waals surface area contributed by atoms with Gasteiger partial charge in [-0.1, -0.05) is 44.2 Å². The largest absolute Gasteiger partial charge is 0.277 e. The van der Waals surface area contributed by atoms with E-state index in [1.807, 2.05) is 12.3 Å². The van der Waals surface area contributed by atoms with Crippen molar-refractivity contribution < 1.29 is 0 Å². The molecule has 0 fully saturated rings. The van der Waals surface area contributed by atoms with Crippen molar-refractivity contribution in [3.05, 3.63) is 77.0 Å². The molecule has 2 nitrogen and oxygen atoms in total. The van der Waals surface area contributed by atoms with Crippen LogP contribution in [0.4, 0.5) is 0 Å². The van der Waals surface area contributed by atoms with E-state index in [4.69, 9.17) is 4.99 Å². The second-order valence-corrected chi connectivity index (χ2v) is 8.05. The number of pyridine rings is 1. The van der Waals surface area contributed by atoms with Gasteiger partial charge in [-0.25, -0.2) is 0 Å². The summed E-state index contributed by atoms with van der Waals surface area (Å²) in [6, 6.07) is 17.1. The highest BCUT2D eigenvalue weighted by molar-refractivity contribution is 6.16. The first-order valence-electron chi connectivity index (χ1n) is 8.87. The van der Waals surface area contributed by atoms with Crippen molar-refractivity contribution in [1.82, 2.24) is 4.98 Å². The summed E-state index contributed by atoms with van der Waals surface area (Å²) >= 11 is 0. The van der Waals surface area contributed by atoms with Gasteiger partial charge in [0.1, 0.15) is 0 Å². The minimum absolute atomic E-state index is 0.0183. The number of aliphatic imine (C=N–C) groups is 1. The quantitative estimate of drug-likeness (QED) is 0.583. The number of benzene rings is 2. The highest BCUT2D eigenvalue weighted by atomic mass is 14.9. The molecule has 0 spiro atoms. The minimum Gasteiger partial charge on any atom is -0.277 e. The molecule has 2 heterocycles. The lowest BCUT2D eigenvalue weighted by atomic mass is 9.64. The molecule has 0 N–H and O–H groups in total. The predicted octanol–water partition coefficient (Wildman–Crippen LogP) is 5.45. The number of hydrogen-bond acceptors (Lipinski definition) is 2. The van der Waals surface area contributed by atoms with E-state index in [1.165, 1.54) is 16.7 Å². The zero-order chi connectivity index (χ0) is 17.8. The molecule has 1 aliphatic rings. The van der Waals surface area contributed by atoms with Gasteiger partial charge in [-0.05, 0) is 50.1 Å². The van der Waals surface area contributed by atoms with Crippen LogP contribution in [0.2, 0.25) is 0 Å². The van der Waals surface area contributed by atoms with Gasteiger partial charge in [0.05, 0.1) is 16.8 Å². The topological polar surface area (TPSA) is 25.2 Å². The summed E-state index contributed by atoms with van der Waals surface area (Å²) in [6.07, 6.45) is 1.84. The molecular formula is C23H24N2. The third kappa shape index (κ3) is 2.31. The van der Waals surface area contributed by atoms with E-state index < -0.39 is 0 Å². The first-order valence-corrected chi connectivity index (χ1v) is 8.87. The van der Waals surface area contributed by atoms with Crippen LogP contribution >= 0.6 is 0 Å². The van der Waals surface area contributed by atoms with Crippen molar-refractivity contribution in [1.29, 1.82) is 0 Å². The van der Waals surface area contributed by atoms with Crippen molar-refractivity contribution in [2.75, 3.05) is 0 Å². The fourth-order valence-electron chi connectivity index (χ4n) is 3.92. The number of fused-ring (bicyclic) bond motifs is 2. The van der Waals surface area contributed by atoms with Crippen LogP contribution in [0.5, 0.6) is 0 Å². The van der Waals surface area contributed by atoms with Crippen molar-refractivity contribution in [3.8, 4) is 0 Å². The van der Waals surface area contributed by atoms with Crippen LogP contribution in [0.3, 0.4) is 0 Å². The van der Waals surface area contributed by atoms with Crippen molar-refractivity contribution >= 4 is 16.6 Å². The Kier molecular flexibility index (Phi) is 3.37. The molecule has 0 amide bonds. The highest BCUT2D eigenvalue weighted by Gasteiger charge is 2.44. The summed E-state index contributed by atoms with van der Waals surface area (Å²) in [4.78, 5) is 9.66. The third-order valence-electron chi connectivity index (χ3n) is 5.95. The average molecular weight is 328 g/mol. The zero-order valence-corrected chi connectivity index (χ0v) is 15.6. The molecule has 0 unspecified atom stereocenters. The number of nitrogens with zero attached hydrogens (tertiary/aromatic N) is 2. The van der Waals surface area contributed by atoms with E-state index in [1.54, 1.807) is 0 Å². The molecule has 0 bridgehead atoms. The van der Waals surface area contributed by atoms with Crippen molar-refractivity contribution in [3.63, 3.8) is 0 Å². The maximum atomic E-state index is 5.22. The van der Waals surface area contributed by atoms with Gasteiger partial charge < -0.3 is 0 Å². The Hall–Kier alpha value is -2.48. The molecule has 0 saturated heterocycles. The van der Waals surface area contributed by atoms with Crippen LogP contribution in [0, 0.1) is 6.92 Å². The fourth-order valence-corrected chi connectivity index (χ4v) is 3.92. The summed E-state index contributed by atoms with van der Waals surface area (Å²) in [5.41, 5.74) is 7.09. The molecule has 126 valence electrons. The predicted molar refractivity (Wildman–Crippen MR) is 106 cm³/mol. The van der Waals surface area contributed by atoms with Gasteiger partial charge in [0.2, 0.25) is 0 Å². The summed E-state index contributed by atoms with van der Waals surface area (Å²) in [7, 11) is 0. The van der Waals surface area contributed by atoms with E-state index >= 15 is 0 Å². The molecule has 1 aromatic heterocycles. The molecule has 2 aromatic carbocycles. The van der Waals surface area contributed by atoms with E-state index in [9.17, 15) is 0 Å². The van der Waals surface area contributed by atoms with Gasteiger partial charge in [0.25, 0.3) is 0 Å². The molecular weight excluding hydrogens is 304 g/mol. The van der Waals surface area contributed by atoms with Crippen LogP contribution in [0.15, 0.2) is 59.7 Å². The van der Waals surface area contributed by atoms with E-state index in [2.05, 4.69) is 82.1 Å². The van der Waals surface area contributed by atoms with Crippen LogP contribution in [0.1, 0.15) is 49.9 Å². The molecule has 1 aliphatic heterocycles. The van der Waals surface area contributed by atoms with Gasteiger partial charge in [-0.2, -0.15) is 0 Å². The standard InChI is InChI=1S/C23H24N2/c1-15-8-6-10-18-20(15)22(2,3)23(4,5)25-21(18)17-11-12-19-16(14-17)9-7-13-24-19/h6-14H,1-5H3. The average Bonchev–Trinajstić information content (AvgIpc) is 2.58. The summed E-state index contributed by atoms with van der Waals surface area (Å²) in [5.74, 6) is 0. The summed E-state index contributed by atoms with van der Waals surface area (Å²) in [6.45, 7) is 11.3. The maximum absolute atomic E-state index is 5.22. The summed E-state index contributed by atoms with van der Waals surface area (Å²) in [5, 5.41) is 1.15. The molecule has 4 rings (SSSR count). The second-order valence-electron chi connectivity index (χ2n) is 8.05. The van der Waals surface area contributed by atoms with Crippen molar-refractivity contribution in [2.24, 2.45) is 4.99 Å². The van der Waals surface area contributed by atoms with Gasteiger partial charge in [0, 0.05) is 28.1 Å². The molecule has 3 aromatic rings. The lowest BCUT2D eigenvalue weighted by molar-refractivity contribution is 0.302. The number of hydrogen-bond donors (Lipinski definition) is 0. The van der Waals surface area contributed by atoms with Crippen LogP contribution in [0.25, 0.3) is 10.9 Å². The zero-order valence-electron chi connectivity index (χ0n) is 15.6. The molecule has 0 radical (unpaired) electrons. The normalized spacial score (nSPS) is 17.9. The Bertz CT molecular complexity index is 1010. The molecule has 0 atom stereocenters. The molecule has 0 saturated carbocycles. The monoisotopic (exact) mass is 328 g/mol. The van der Waals surface area contributed by atoms with E-state index in [0.29, 0.717) is 0 Å². The summed E-state index contributed by atoms with van der Waals surface area (Å²) < 4.78 is 0. The lowest BCUT2D eigenvalue weighted by Crippen LogP contribution is -2.46. The Labute approximate surface area is 149 Å². The minimum atomic E-state index is -0.175. The molecule has 0 aliphatic carbocycles. The van der Waals surface area contributed by atoms with E-state index in [-0.39, 0.29) is 11.0 Å². The van der Waals surface area contributed by atoms with Crippen LogP contribution in [-0.4, -0.2) is 16.2 Å². The number of aromatic nitrogens is 1. The fraction of sp³-hybridized carbons (Fsp3) is 0.304. The van der Waals surface area contributed by atoms with Gasteiger partial charge in [-0.3, -0.25) is 9.98 Å². The van der Waals surface area contributed by atoms with E-state index in [0.717, 1.165) is 22.2 Å². The van der Waals surface area contributed by atoms with Gasteiger partial charge >= 0.3 is 0 Å². The Morgan fingerprint density at radius 2 is 1.68 bits per heavy atom. The lowest BCUT2D eigenvalue weighted by Gasteiger charge is -2.45.